The zero-order valence-corrected chi connectivity index (χ0v) is 18.0. The van der Waals surface area contributed by atoms with E-state index in [4.69, 9.17) is 21.1 Å². The lowest BCUT2D eigenvalue weighted by Crippen LogP contribution is -2.44. The summed E-state index contributed by atoms with van der Waals surface area (Å²) < 4.78 is 39.5. The number of carbonyl (C=O) groups is 1. The van der Waals surface area contributed by atoms with E-state index in [1.165, 1.54) is 24.3 Å². The summed E-state index contributed by atoms with van der Waals surface area (Å²) in [6, 6.07) is 6.97. The van der Waals surface area contributed by atoms with Crippen molar-refractivity contribution in [2.75, 3.05) is 13.1 Å². The molecule has 0 unspecified atom stereocenters. The minimum absolute atomic E-state index is 0.0108. The molecule has 1 aliphatic heterocycles. The standard InChI is InChI=1S/C22H25ClF2N2O3/c1-22(2,3)30-21(28)27-10-8-16(9-11-27)29-20-7-6-17(24)19(26-20)12-14-4-5-15(23)13-18(14)25/h4-7,13,16H,8-12H2,1-3H3. The second kappa shape index (κ2) is 9.16. The number of likely N-dealkylation sites (tertiary alicyclic amines) is 1. The molecule has 1 aromatic carbocycles. The van der Waals surface area contributed by atoms with Gasteiger partial charge in [0.1, 0.15) is 23.3 Å². The summed E-state index contributed by atoms with van der Waals surface area (Å²) >= 11 is 5.76. The maximum absolute atomic E-state index is 14.2. The van der Waals surface area contributed by atoms with Gasteiger partial charge in [0.05, 0.1) is 5.69 Å². The van der Waals surface area contributed by atoms with E-state index < -0.39 is 17.2 Å². The molecule has 0 saturated carbocycles. The summed E-state index contributed by atoms with van der Waals surface area (Å²) in [6.45, 7) is 6.49. The van der Waals surface area contributed by atoms with E-state index in [0.717, 1.165) is 0 Å². The molecule has 2 heterocycles. The lowest BCUT2D eigenvalue weighted by Gasteiger charge is -2.33. The molecule has 0 atom stereocenters. The number of piperidine rings is 1. The van der Waals surface area contributed by atoms with Gasteiger partial charge in [0.2, 0.25) is 5.88 Å². The topological polar surface area (TPSA) is 51.7 Å². The van der Waals surface area contributed by atoms with Crippen LogP contribution in [0.5, 0.6) is 5.88 Å². The summed E-state index contributed by atoms with van der Waals surface area (Å²) in [5.74, 6) is -0.766. The van der Waals surface area contributed by atoms with Crippen LogP contribution >= 0.6 is 11.6 Å². The molecule has 162 valence electrons. The minimum atomic E-state index is -0.539. The first-order valence-corrected chi connectivity index (χ1v) is 10.2. The van der Waals surface area contributed by atoms with Gasteiger partial charge in [-0.1, -0.05) is 17.7 Å². The van der Waals surface area contributed by atoms with E-state index in [0.29, 0.717) is 31.5 Å². The highest BCUT2D eigenvalue weighted by molar-refractivity contribution is 6.30. The predicted octanol–water partition coefficient (Wildman–Crippen LogP) is 5.38. The van der Waals surface area contributed by atoms with Gasteiger partial charge in [-0.05, 0) is 44.5 Å². The first kappa shape index (κ1) is 22.3. The van der Waals surface area contributed by atoms with Crippen molar-refractivity contribution in [2.24, 2.45) is 0 Å². The van der Waals surface area contributed by atoms with Crippen molar-refractivity contribution in [2.45, 2.75) is 51.7 Å². The maximum atomic E-state index is 14.2. The third kappa shape index (κ3) is 6.05. The molecular weight excluding hydrogens is 414 g/mol. The van der Waals surface area contributed by atoms with E-state index in [1.54, 1.807) is 11.0 Å². The highest BCUT2D eigenvalue weighted by Gasteiger charge is 2.28. The Bertz CT molecular complexity index is 910. The number of benzene rings is 1. The average molecular weight is 439 g/mol. The molecule has 0 spiro atoms. The number of amides is 1. The van der Waals surface area contributed by atoms with Crippen LogP contribution in [0, 0.1) is 11.6 Å². The highest BCUT2D eigenvalue weighted by atomic mass is 35.5. The molecule has 1 amide bonds. The minimum Gasteiger partial charge on any atom is -0.474 e. The van der Waals surface area contributed by atoms with E-state index >= 15 is 0 Å². The molecule has 8 heteroatoms. The number of aromatic nitrogens is 1. The lowest BCUT2D eigenvalue weighted by atomic mass is 10.1. The Kier molecular flexibility index (Phi) is 6.81. The van der Waals surface area contributed by atoms with Crippen LogP contribution in [-0.4, -0.2) is 40.8 Å². The number of halogens is 3. The number of pyridine rings is 1. The van der Waals surface area contributed by atoms with Gasteiger partial charge in [-0.2, -0.15) is 0 Å². The van der Waals surface area contributed by atoms with Crippen LogP contribution in [0.1, 0.15) is 44.9 Å². The third-order valence-corrected chi connectivity index (χ3v) is 4.88. The quantitative estimate of drug-likeness (QED) is 0.642. The van der Waals surface area contributed by atoms with Gasteiger partial charge in [-0.3, -0.25) is 0 Å². The maximum Gasteiger partial charge on any atom is 0.410 e. The molecule has 0 radical (unpaired) electrons. The second-order valence-electron chi connectivity index (χ2n) is 8.28. The molecule has 1 aliphatic rings. The zero-order chi connectivity index (χ0) is 21.9. The van der Waals surface area contributed by atoms with Crippen molar-refractivity contribution in [3.8, 4) is 5.88 Å². The highest BCUT2D eigenvalue weighted by Crippen LogP contribution is 2.23. The molecule has 0 aliphatic carbocycles. The van der Waals surface area contributed by atoms with Gasteiger partial charge in [-0.15, -0.1) is 0 Å². The Morgan fingerprint density at radius 2 is 1.87 bits per heavy atom. The lowest BCUT2D eigenvalue weighted by molar-refractivity contribution is 0.0123. The number of hydrogen-bond donors (Lipinski definition) is 0. The Balaban J connectivity index is 1.60. The van der Waals surface area contributed by atoms with Crippen molar-refractivity contribution < 1.29 is 23.0 Å². The summed E-state index contributed by atoms with van der Waals surface area (Å²) in [5.41, 5.74) is -0.142. The molecule has 5 nitrogen and oxygen atoms in total. The normalized spacial score (nSPS) is 15.2. The SMILES string of the molecule is CC(C)(C)OC(=O)N1CCC(Oc2ccc(F)c(Cc3ccc(Cl)cc3F)n2)CC1. The molecule has 3 rings (SSSR count). The fourth-order valence-electron chi connectivity index (χ4n) is 3.15. The van der Waals surface area contributed by atoms with E-state index in [2.05, 4.69) is 4.98 Å². The average Bonchev–Trinajstić information content (AvgIpc) is 2.66. The Hall–Kier alpha value is -2.41. The van der Waals surface area contributed by atoms with Crippen molar-refractivity contribution in [1.29, 1.82) is 0 Å². The van der Waals surface area contributed by atoms with Crippen molar-refractivity contribution in [3.63, 3.8) is 0 Å². The van der Waals surface area contributed by atoms with E-state index in [9.17, 15) is 13.6 Å². The van der Waals surface area contributed by atoms with Gasteiger partial charge < -0.3 is 14.4 Å². The summed E-state index contributed by atoms with van der Waals surface area (Å²) in [7, 11) is 0. The smallest absolute Gasteiger partial charge is 0.410 e. The Labute approximate surface area is 179 Å². The van der Waals surface area contributed by atoms with Crippen LogP contribution in [0.4, 0.5) is 13.6 Å². The molecule has 0 bridgehead atoms. The van der Waals surface area contributed by atoms with Crippen LogP contribution in [0.25, 0.3) is 0 Å². The molecule has 1 fully saturated rings. The fraction of sp³-hybridized carbons (Fsp3) is 0.455. The van der Waals surface area contributed by atoms with E-state index in [-0.39, 0.29) is 35.2 Å². The first-order valence-electron chi connectivity index (χ1n) is 9.84. The van der Waals surface area contributed by atoms with Crippen LogP contribution in [-0.2, 0) is 11.2 Å². The van der Waals surface area contributed by atoms with Gasteiger partial charge >= 0.3 is 6.09 Å². The molecule has 1 aromatic heterocycles. The summed E-state index contributed by atoms with van der Waals surface area (Å²) in [5, 5.41) is 0.277. The second-order valence-corrected chi connectivity index (χ2v) is 8.71. The van der Waals surface area contributed by atoms with Gasteiger partial charge in [0, 0.05) is 43.4 Å². The van der Waals surface area contributed by atoms with Gasteiger partial charge in [-0.25, -0.2) is 18.6 Å². The Morgan fingerprint density at radius 1 is 1.17 bits per heavy atom. The summed E-state index contributed by atoms with van der Waals surface area (Å²) in [4.78, 5) is 18.0. The van der Waals surface area contributed by atoms with Gasteiger partial charge in [0.15, 0.2) is 0 Å². The Morgan fingerprint density at radius 3 is 2.50 bits per heavy atom. The van der Waals surface area contributed by atoms with Crippen LogP contribution in [0.3, 0.4) is 0 Å². The number of ether oxygens (including phenoxy) is 2. The van der Waals surface area contributed by atoms with Crippen molar-refractivity contribution in [1.82, 2.24) is 9.88 Å². The number of nitrogens with zero attached hydrogens (tertiary/aromatic N) is 2. The zero-order valence-electron chi connectivity index (χ0n) is 17.3. The molecule has 1 saturated heterocycles. The predicted molar refractivity (Wildman–Crippen MR) is 110 cm³/mol. The molecule has 30 heavy (non-hydrogen) atoms. The van der Waals surface area contributed by atoms with E-state index in [1.807, 2.05) is 20.8 Å². The van der Waals surface area contributed by atoms with Crippen LogP contribution in [0.15, 0.2) is 30.3 Å². The third-order valence-electron chi connectivity index (χ3n) is 4.65. The number of hydrogen-bond acceptors (Lipinski definition) is 4. The van der Waals surface area contributed by atoms with Crippen LogP contribution in [0.2, 0.25) is 5.02 Å². The summed E-state index contributed by atoms with van der Waals surface area (Å²) in [6.07, 6.45) is 0.719. The first-order chi connectivity index (χ1) is 14.1. The largest absolute Gasteiger partial charge is 0.474 e. The van der Waals surface area contributed by atoms with Crippen molar-refractivity contribution >= 4 is 17.7 Å². The molecule has 2 aromatic rings. The van der Waals surface area contributed by atoms with Gasteiger partial charge in [0.25, 0.3) is 0 Å². The number of carbonyl (C=O) groups excluding carboxylic acids is 1. The number of rotatable bonds is 4. The fourth-order valence-corrected chi connectivity index (χ4v) is 3.31. The molecule has 0 N–H and O–H groups in total. The molecular formula is C22H25ClF2N2O3. The monoisotopic (exact) mass is 438 g/mol. The van der Waals surface area contributed by atoms with Crippen LogP contribution < -0.4 is 4.74 Å². The van der Waals surface area contributed by atoms with Crippen molar-refractivity contribution in [3.05, 3.63) is 58.2 Å².